The third-order valence-electron chi connectivity index (χ3n) is 2.96. The number of aryl methyl sites for hydroxylation is 1. The first-order valence-electron chi connectivity index (χ1n) is 7.29. The minimum atomic E-state index is -0.251. The number of rotatable bonds is 7. The zero-order valence-electron chi connectivity index (χ0n) is 14.1. The van der Waals surface area contributed by atoms with E-state index in [2.05, 4.69) is 20.4 Å². The zero-order valence-corrected chi connectivity index (χ0v) is 16.4. The monoisotopic (exact) mass is 435 g/mol. The van der Waals surface area contributed by atoms with E-state index in [0.717, 1.165) is 11.3 Å². The molecular formula is C16H26IN3O3. The maximum atomic E-state index is 11.0. The fourth-order valence-corrected chi connectivity index (χ4v) is 1.81. The minimum absolute atomic E-state index is 0. The molecule has 0 aliphatic carbocycles. The molecule has 0 bridgehead atoms. The highest BCUT2D eigenvalue weighted by Gasteiger charge is 2.06. The van der Waals surface area contributed by atoms with Crippen molar-refractivity contribution in [3.8, 4) is 5.75 Å². The summed E-state index contributed by atoms with van der Waals surface area (Å²) in [4.78, 5) is 15.1. The predicted molar refractivity (Wildman–Crippen MR) is 103 cm³/mol. The maximum absolute atomic E-state index is 11.0. The number of methoxy groups -OCH3 is 1. The largest absolute Gasteiger partial charge is 0.489 e. The van der Waals surface area contributed by atoms with Gasteiger partial charge >= 0.3 is 5.97 Å². The van der Waals surface area contributed by atoms with Crippen molar-refractivity contribution in [1.82, 2.24) is 10.6 Å². The average molecular weight is 435 g/mol. The summed E-state index contributed by atoms with van der Waals surface area (Å²) < 4.78 is 10.4. The Labute approximate surface area is 155 Å². The second kappa shape index (κ2) is 12.0. The number of carbonyl (C=O) groups is 1. The number of nitrogens with one attached hydrogen (secondary N) is 2. The second-order valence-corrected chi connectivity index (χ2v) is 4.95. The molecule has 23 heavy (non-hydrogen) atoms. The number of hydrogen-bond acceptors (Lipinski definition) is 4. The fourth-order valence-electron chi connectivity index (χ4n) is 1.81. The Morgan fingerprint density at radius 2 is 2.09 bits per heavy atom. The number of esters is 1. The van der Waals surface area contributed by atoms with E-state index in [1.54, 1.807) is 7.05 Å². The first kappa shape index (κ1) is 21.5. The fraction of sp³-hybridized carbons (Fsp3) is 0.500. The van der Waals surface area contributed by atoms with Gasteiger partial charge in [-0.15, -0.1) is 24.0 Å². The number of benzene rings is 1. The molecule has 0 aliphatic rings. The standard InChI is InChI=1S/C16H25N3O3.HI/c1-12-6-5-7-14(10-12)22-13(2)11-19-16(17-3)18-9-8-15(20)21-4;/h5-7,10,13H,8-9,11H2,1-4H3,(H2,17,18,19);1H. The van der Waals surface area contributed by atoms with Gasteiger partial charge in [0, 0.05) is 13.6 Å². The number of hydrogen-bond donors (Lipinski definition) is 2. The molecule has 1 atom stereocenters. The Hall–Kier alpha value is -1.51. The van der Waals surface area contributed by atoms with E-state index in [1.165, 1.54) is 7.11 Å². The summed E-state index contributed by atoms with van der Waals surface area (Å²) in [7, 11) is 3.05. The zero-order chi connectivity index (χ0) is 16.4. The number of guanidine groups is 1. The molecule has 130 valence electrons. The number of ether oxygens (including phenoxy) is 2. The van der Waals surface area contributed by atoms with E-state index in [1.807, 2.05) is 38.1 Å². The smallest absolute Gasteiger partial charge is 0.307 e. The van der Waals surface area contributed by atoms with Gasteiger partial charge < -0.3 is 20.1 Å². The van der Waals surface area contributed by atoms with Crippen LogP contribution < -0.4 is 15.4 Å². The number of carbonyl (C=O) groups excluding carboxylic acids is 1. The molecule has 2 N–H and O–H groups in total. The van der Waals surface area contributed by atoms with E-state index < -0.39 is 0 Å². The van der Waals surface area contributed by atoms with E-state index in [4.69, 9.17) is 4.74 Å². The van der Waals surface area contributed by atoms with Crippen molar-refractivity contribution in [3.63, 3.8) is 0 Å². The molecule has 0 heterocycles. The quantitative estimate of drug-likeness (QED) is 0.297. The summed E-state index contributed by atoms with van der Waals surface area (Å²) in [6.07, 6.45) is 0.285. The van der Waals surface area contributed by atoms with Crippen LogP contribution in [0.1, 0.15) is 18.9 Å². The van der Waals surface area contributed by atoms with E-state index in [9.17, 15) is 4.79 Å². The molecule has 0 fully saturated rings. The first-order chi connectivity index (χ1) is 10.5. The van der Waals surface area contributed by atoms with E-state index in [-0.39, 0.29) is 36.0 Å². The second-order valence-electron chi connectivity index (χ2n) is 4.95. The Bertz CT molecular complexity index is 509. The highest BCUT2D eigenvalue weighted by Crippen LogP contribution is 2.13. The van der Waals surface area contributed by atoms with Crippen molar-refractivity contribution in [1.29, 1.82) is 0 Å². The third kappa shape index (κ3) is 9.27. The average Bonchev–Trinajstić information content (AvgIpc) is 2.50. The van der Waals surface area contributed by atoms with Crippen LogP contribution in [0.5, 0.6) is 5.75 Å². The lowest BCUT2D eigenvalue weighted by atomic mass is 10.2. The Kier molecular flexibility index (Phi) is 11.2. The van der Waals surface area contributed by atoms with Crippen LogP contribution in [-0.2, 0) is 9.53 Å². The van der Waals surface area contributed by atoms with Crippen LogP contribution in [0.15, 0.2) is 29.3 Å². The van der Waals surface area contributed by atoms with Crippen molar-refractivity contribution < 1.29 is 14.3 Å². The first-order valence-corrected chi connectivity index (χ1v) is 7.29. The Morgan fingerprint density at radius 1 is 1.35 bits per heavy atom. The van der Waals surface area contributed by atoms with Crippen molar-refractivity contribution in [2.75, 3.05) is 27.2 Å². The predicted octanol–water partition coefficient (Wildman–Crippen LogP) is 2.11. The van der Waals surface area contributed by atoms with Gasteiger partial charge in [-0.1, -0.05) is 12.1 Å². The Balaban J connectivity index is 0.00000484. The summed E-state index contributed by atoms with van der Waals surface area (Å²) in [5.41, 5.74) is 1.16. The molecule has 0 saturated carbocycles. The molecule has 1 aromatic rings. The summed E-state index contributed by atoms with van der Waals surface area (Å²) in [5.74, 6) is 1.23. The maximum Gasteiger partial charge on any atom is 0.307 e. The molecule has 0 radical (unpaired) electrons. The van der Waals surface area contributed by atoms with Crippen molar-refractivity contribution in [2.24, 2.45) is 4.99 Å². The molecule has 6 nitrogen and oxygen atoms in total. The molecular weight excluding hydrogens is 409 g/mol. The van der Waals surface area contributed by atoms with Crippen LogP contribution in [0, 0.1) is 6.92 Å². The van der Waals surface area contributed by atoms with Gasteiger partial charge in [0.2, 0.25) is 0 Å². The van der Waals surface area contributed by atoms with Crippen molar-refractivity contribution >= 4 is 35.9 Å². The molecule has 0 spiro atoms. The molecule has 1 aromatic carbocycles. The summed E-state index contributed by atoms with van der Waals surface area (Å²) in [6, 6.07) is 7.94. The van der Waals surface area contributed by atoms with Gasteiger partial charge in [0.15, 0.2) is 5.96 Å². The summed E-state index contributed by atoms with van der Waals surface area (Å²) in [6.45, 7) is 5.09. The van der Waals surface area contributed by atoms with Gasteiger partial charge in [-0.2, -0.15) is 0 Å². The van der Waals surface area contributed by atoms with Crippen LogP contribution in [0.3, 0.4) is 0 Å². The van der Waals surface area contributed by atoms with Crippen LogP contribution >= 0.6 is 24.0 Å². The van der Waals surface area contributed by atoms with Gasteiger partial charge in [-0.3, -0.25) is 9.79 Å². The van der Waals surface area contributed by atoms with Crippen LogP contribution in [0.25, 0.3) is 0 Å². The lowest BCUT2D eigenvalue weighted by Gasteiger charge is -2.18. The highest BCUT2D eigenvalue weighted by atomic mass is 127. The molecule has 0 saturated heterocycles. The third-order valence-corrected chi connectivity index (χ3v) is 2.96. The van der Waals surface area contributed by atoms with Gasteiger partial charge in [0.1, 0.15) is 11.9 Å². The molecule has 0 amide bonds. The molecule has 0 aromatic heterocycles. The number of aliphatic imine (C=N–C) groups is 1. The number of nitrogens with zero attached hydrogens (tertiary/aromatic N) is 1. The van der Waals surface area contributed by atoms with Gasteiger partial charge in [0.05, 0.1) is 20.1 Å². The highest BCUT2D eigenvalue weighted by molar-refractivity contribution is 14.0. The lowest BCUT2D eigenvalue weighted by molar-refractivity contribution is -0.140. The molecule has 7 heteroatoms. The van der Waals surface area contributed by atoms with Crippen LogP contribution in [0.4, 0.5) is 0 Å². The van der Waals surface area contributed by atoms with E-state index in [0.29, 0.717) is 25.5 Å². The van der Waals surface area contributed by atoms with Gasteiger partial charge in [-0.25, -0.2) is 0 Å². The minimum Gasteiger partial charge on any atom is -0.489 e. The summed E-state index contributed by atoms with van der Waals surface area (Å²) in [5, 5.41) is 6.20. The molecule has 1 rings (SSSR count). The van der Waals surface area contributed by atoms with Crippen molar-refractivity contribution in [3.05, 3.63) is 29.8 Å². The summed E-state index contributed by atoms with van der Waals surface area (Å²) >= 11 is 0. The van der Waals surface area contributed by atoms with Crippen molar-refractivity contribution in [2.45, 2.75) is 26.4 Å². The Morgan fingerprint density at radius 3 is 2.70 bits per heavy atom. The topological polar surface area (TPSA) is 72.0 Å². The normalized spacial score (nSPS) is 11.9. The van der Waals surface area contributed by atoms with Gasteiger partial charge in [-0.05, 0) is 31.5 Å². The lowest BCUT2D eigenvalue weighted by Crippen LogP contribution is -2.42. The SMILES string of the molecule is CN=C(NCCC(=O)OC)NCC(C)Oc1cccc(C)c1.I. The van der Waals surface area contributed by atoms with Crippen LogP contribution in [-0.4, -0.2) is 45.3 Å². The molecule has 0 aliphatic heterocycles. The number of halogens is 1. The van der Waals surface area contributed by atoms with Gasteiger partial charge in [0.25, 0.3) is 0 Å². The molecule has 1 unspecified atom stereocenters. The van der Waals surface area contributed by atoms with Crippen LogP contribution in [0.2, 0.25) is 0 Å². The van der Waals surface area contributed by atoms with E-state index >= 15 is 0 Å².